The lowest BCUT2D eigenvalue weighted by atomic mass is 10.1. The summed E-state index contributed by atoms with van der Waals surface area (Å²) in [7, 11) is 1.59. The average Bonchev–Trinajstić information content (AvgIpc) is 3.04. The fourth-order valence-electron chi connectivity index (χ4n) is 2.16. The second kappa shape index (κ2) is 7.59. The van der Waals surface area contributed by atoms with Crippen LogP contribution in [-0.4, -0.2) is 18.0 Å². The monoisotopic (exact) mass is 402 g/mol. The molecule has 0 aliphatic rings. The Bertz CT molecular complexity index is 829. The molecule has 0 saturated heterocycles. The van der Waals surface area contributed by atoms with E-state index in [4.69, 9.17) is 4.74 Å². The van der Waals surface area contributed by atoms with Crippen molar-refractivity contribution in [3.63, 3.8) is 0 Å². The molecule has 0 aliphatic heterocycles. The molecule has 0 bridgehead atoms. The Morgan fingerprint density at radius 1 is 1.17 bits per heavy atom. The maximum absolute atomic E-state index is 12.2. The quantitative estimate of drug-likeness (QED) is 0.669. The summed E-state index contributed by atoms with van der Waals surface area (Å²) in [6.45, 7) is 0. The zero-order chi connectivity index (χ0) is 16.9. The van der Waals surface area contributed by atoms with Gasteiger partial charge in [0, 0.05) is 27.5 Å². The Hall–Kier alpha value is -2.18. The van der Waals surface area contributed by atoms with Crippen molar-refractivity contribution >= 4 is 38.3 Å². The number of carbonyl (C=O) groups excluding carboxylic acids is 1. The predicted molar refractivity (Wildman–Crippen MR) is 100 cm³/mol. The summed E-state index contributed by atoms with van der Waals surface area (Å²) in [5.41, 5.74) is 1.77. The first-order chi connectivity index (χ1) is 11.6. The average molecular weight is 403 g/mol. The number of hydrogen-bond donors (Lipinski definition) is 1. The van der Waals surface area contributed by atoms with E-state index in [1.54, 1.807) is 37.6 Å². The molecule has 1 aromatic heterocycles. The van der Waals surface area contributed by atoms with Crippen LogP contribution in [0.25, 0.3) is 0 Å². The molecule has 1 N–H and O–H groups in total. The highest BCUT2D eigenvalue weighted by atomic mass is 79.9. The summed E-state index contributed by atoms with van der Waals surface area (Å²) < 4.78 is 6.15. The number of methoxy groups -OCH3 is 1. The first kappa shape index (κ1) is 16.7. The van der Waals surface area contributed by atoms with E-state index in [-0.39, 0.29) is 5.91 Å². The normalized spacial score (nSPS) is 10.4. The molecular formula is C18H15BrN2O2S. The zero-order valence-corrected chi connectivity index (χ0v) is 15.4. The van der Waals surface area contributed by atoms with Crippen LogP contribution in [0.15, 0.2) is 59.2 Å². The molecule has 3 aromatic rings. The minimum Gasteiger partial charge on any atom is -0.497 e. The largest absolute Gasteiger partial charge is 0.497 e. The van der Waals surface area contributed by atoms with E-state index in [0.29, 0.717) is 10.7 Å². The topological polar surface area (TPSA) is 51.2 Å². The summed E-state index contributed by atoms with van der Waals surface area (Å²) >= 11 is 4.91. The van der Waals surface area contributed by atoms with Gasteiger partial charge in [0.15, 0.2) is 5.13 Å². The zero-order valence-electron chi connectivity index (χ0n) is 13.0. The molecule has 0 aliphatic carbocycles. The van der Waals surface area contributed by atoms with Crippen molar-refractivity contribution in [3.8, 4) is 5.75 Å². The van der Waals surface area contributed by atoms with Crippen LogP contribution in [0, 0.1) is 0 Å². The molecular weight excluding hydrogens is 388 g/mol. The van der Waals surface area contributed by atoms with Crippen LogP contribution in [0.4, 0.5) is 5.13 Å². The van der Waals surface area contributed by atoms with E-state index < -0.39 is 0 Å². The van der Waals surface area contributed by atoms with Crippen LogP contribution in [0.5, 0.6) is 5.75 Å². The van der Waals surface area contributed by atoms with E-state index in [1.165, 1.54) is 16.9 Å². The number of benzene rings is 2. The fraction of sp³-hybridized carbons (Fsp3) is 0.111. The molecule has 0 atom stereocenters. The lowest BCUT2D eigenvalue weighted by Crippen LogP contribution is -2.11. The van der Waals surface area contributed by atoms with E-state index in [1.807, 2.05) is 12.1 Å². The number of carbonyl (C=O) groups is 1. The molecule has 0 radical (unpaired) electrons. The van der Waals surface area contributed by atoms with Crippen molar-refractivity contribution in [1.29, 1.82) is 0 Å². The third-order valence-electron chi connectivity index (χ3n) is 3.42. The summed E-state index contributed by atoms with van der Waals surface area (Å²) in [5, 5.41) is 3.43. The van der Waals surface area contributed by atoms with Crippen molar-refractivity contribution in [2.75, 3.05) is 12.4 Å². The molecule has 3 rings (SSSR count). The number of anilines is 1. The molecule has 122 valence electrons. The number of ether oxygens (including phenoxy) is 1. The molecule has 6 heteroatoms. The number of nitrogens with zero attached hydrogens (tertiary/aromatic N) is 1. The molecule has 1 amide bonds. The lowest BCUT2D eigenvalue weighted by Gasteiger charge is -2.03. The van der Waals surface area contributed by atoms with E-state index in [0.717, 1.165) is 21.5 Å². The number of thiazole rings is 1. The van der Waals surface area contributed by atoms with Gasteiger partial charge < -0.3 is 4.74 Å². The summed E-state index contributed by atoms with van der Waals surface area (Å²) in [4.78, 5) is 17.6. The number of amides is 1. The molecule has 0 fully saturated rings. The van der Waals surface area contributed by atoms with Crippen LogP contribution in [0.3, 0.4) is 0 Å². The summed E-state index contributed by atoms with van der Waals surface area (Å²) in [6.07, 6.45) is 2.60. The van der Waals surface area contributed by atoms with Gasteiger partial charge >= 0.3 is 0 Å². The van der Waals surface area contributed by atoms with Crippen molar-refractivity contribution in [2.24, 2.45) is 0 Å². The third-order valence-corrected chi connectivity index (χ3v) is 4.86. The number of nitrogens with one attached hydrogen (secondary N) is 1. The van der Waals surface area contributed by atoms with Gasteiger partial charge in [-0.1, -0.05) is 28.1 Å². The predicted octanol–water partition coefficient (Wildman–Crippen LogP) is 4.76. The van der Waals surface area contributed by atoms with Crippen LogP contribution in [-0.2, 0) is 6.42 Å². The van der Waals surface area contributed by atoms with Crippen LogP contribution in [0.2, 0.25) is 0 Å². The first-order valence-corrected chi connectivity index (χ1v) is 8.89. The molecule has 4 nitrogen and oxygen atoms in total. The first-order valence-electron chi connectivity index (χ1n) is 7.28. The number of hydrogen-bond acceptors (Lipinski definition) is 4. The Kier molecular flexibility index (Phi) is 5.27. The maximum atomic E-state index is 12.2. The van der Waals surface area contributed by atoms with Crippen molar-refractivity contribution < 1.29 is 9.53 Å². The van der Waals surface area contributed by atoms with Gasteiger partial charge in [-0.3, -0.25) is 10.1 Å². The van der Waals surface area contributed by atoms with Crippen LogP contribution in [0.1, 0.15) is 20.8 Å². The molecule has 0 saturated carbocycles. The molecule has 0 unspecified atom stereocenters. The highest BCUT2D eigenvalue weighted by Crippen LogP contribution is 2.23. The van der Waals surface area contributed by atoms with E-state index in [2.05, 4.69) is 38.4 Å². The van der Waals surface area contributed by atoms with Gasteiger partial charge in [0.25, 0.3) is 5.91 Å². The van der Waals surface area contributed by atoms with E-state index >= 15 is 0 Å². The SMILES string of the molecule is COc1ccc(C(=O)Nc2ncc(Cc3ccc(Br)cc3)s2)cc1. The molecule has 2 aromatic carbocycles. The number of aromatic nitrogens is 1. The second-order valence-corrected chi connectivity index (χ2v) is 7.15. The Morgan fingerprint density at radius 3 is 2.54 bits per heavy atom. The third kappa shape index (κ3) is 4.21. The highest BCUT2D eigenvalue weighted by molar-refractivity contribution is 9.10. The summed E-state index contributed by atoms with van der Waals surface area (Å²) in [5.74, 6) is 0.541. The van der Waals surface area contributed by atoms with Gasteiger partial charge in [0.05, 0.1) is 7.11 Å². The maximum Gasteiger partial charge on any atom is 0.257 e. The van der Waals surface area contributed by atoms with Crippen molar-refractivity contribution in [3.05, 3.63) is 75.2 Å². The van der Waals surface area contributed by atoms with E-state index in [9.17, 15) is 4.79 Å². The minimum absolute atomic E-state index is 0.179. The fourth-order valence-corrected chi connectivity index (χ4v) is 3.27. The van der Waals surface area contributed by atoms with Gasteiger partial charge in [-0.25, -0.2) is 4.98 Å². The molecule has 24 heavy (non-hydrogen) atoms. The van der Waals surface area contributed by atoms with Gasteiger partial charge in [-0.2, -0.15) is 0 Å². The molecule has 0 spiro atoms. The highest BCUT2D eigenvalue weighted by Gasteiger charge is 2.09. The van der Waals surface area contributed by atoms with Crippen molar-refractivity contribution in [2.45, 2.75) is 6.42 Å². The molecule has 1 heterocycles. The minimum atomic E-state index is -0.179. The summed E-state index contributed by atoms with van der Waals surface area (Å²) in [6, 6.07) is 15.1. The smallest absolute Gasteiger partial charge is 0.257 e. The van der Waals surface area contributed by atoms with Crippen LogP contribution < -0.4 is 10.1 Å². The van der Waals surface area contributed by atoms with Gasteiger partial charge in [-0.15, -0.1) is 11.3 Å². The Morgan fingerprint density at radius 2 is 1.88 bits per heavy atom. The van der Waals surface area contributed by atoms with Crippen molar-refractivity contribution in [1.82, 2.24) is 4.98 Å². The number of rotatable bonds is 5. The van der Waals surface area contributed by atoms with Gasteiger partial charge in [-0.05, 0) is 42.0 Å². The Labute approximate surface area is 152 Å². The van der Waals surface area contributed by atoms with Crippen LogP contribution >= 0.6 is 27.3 Å². The standard InChI is InChI=1S/C18H15BrN2O2S/c1-23-15-8-4-13(5-9-15)17(22)21-18-20-11-16(24-18)10-12-2-6-14(19)7-3-12/h2-9,11H,10H2,1H3,(H,20,21,22). The lowest BCUT2D eigenvalue weighted by molar-refractivity contribution is 0.102. The number of halogens is 1. The second-order valence-electron chi connectivity index (χ2n) is 5.12. The Balaban J connectivity index is 1.64. The van der Waals surface area contributed by atoms with Gasteiger partial charge in [0.1, 0.15) is 5.75 Å². The van der Waals surface area contributed by atoms with Gasteiger partial charge in [0.2, 0.25) is 0 Å².